The van der Waals surface area contributed by atoms with E-state index in [0.29, 0.717) is 0 Å². The zero-order valence-corrected chi connectivity index (χ0v) is 6.97. The summed E-state index contributed by atoms with van der Waals surface area (Å²) in [5, 5.41) is 0. The highest BCUT2D eigenvalue weighted by Gasteiger charge is 2.43. The first kappa shape index (κ1) is 9.27. The van der Waals surface area contributed by atoms with Gasteiger partial charge in [0, 0.05) is 0 Å². The fraction of sp³-hybridized carbons (Fsp3) is 1.00. The standard InChI is InChI=1S/C4H12O4P/c1-5-9(6-2,7-3)8-4/h1-4H3/q+1. The maximum atomic E-state index is 4.83. The van der Waals surface area contributed by atoms with E-state index < -0.39 is 8.17 Å². The van der Waals surface area contributed by atoms with E-state index in [4.69, 9.17) is 18.1 Å². The van der Waals surface area contributed by atoms with Crippen LogP contribution < -0.4 is 0 Å². The first-order valence-corrected chi connectivity index (χ1v) is 3.82. The van der Waals surface area contributed by atoms with Gasteiger partial charge in [-0.25, -0.2) is 0 Å². The molecule has 0 atom stereocenters. The maximum absolute atomic E-state index is 4.83. The molecule has 0 spiro atoms. The minimum atomic E-state index is -2.42. The Bertz CT molecular complexity index is 55.5. The molecule has 0 aromatic rings. The molecule has 56 valence electrons. The molecule has 0 aliphatic carbocycles. The van der Waals surface area contributed by atoms with Gasteiger partial charge in [-0.15, -0.1) is 0 Å². The van der Waals surface area contributed by atoms with Crippen LogP contribution in [0.2, 0.25) is 0 Å². The summed E-state index contributed by atoms with van der Waals surface area (Å²) in [7, 11) is 3.49. The lowest BCUT2D eigenvalue weighted by Crippen LogP contribution is -2.01. The van der Waals surface area contributed by atoms with Crippen molar-refractivity contribution in [1.82, 2.24) is 0 Å². The van der Waals surface area contributed by atoms with Crippen molar-refractivity contribution in [3.05, 3.63) is 0 Å². The Morgan fingerprint density at radius 2 is 0.889 bits per heavy atom. The van der Waals surface area contributed by atoms with Gasteiger partial charge in [0.25, 0.3) is 0 Å². The molecule has 5 heteroatoms. The SMILES string of the molecule is CO[P+](OC)(OC)OC. The summed E-state index contributed by atoms with van der Waals surface area (Å²) in [4.78, 5) is 0. The molecule has 0 unspecified atom stereocenters. The Kier molecular flexibility index (Phi) is 4.27. The Balaban J connectivity index is 3.82. The second-order valence-corrected chi connectivity index (χ2v) is 3.53. The molecule has 0 radical (unpaired) electrons. The molecule has 0 bridgehead atoms. The highest BCUT2D eigenvalue weighted by atomic mass is 31.2. The maximum Gasteiger partial charge on any atom is 0.574 e. The molecule has 0 heterocycles. The summed E-state index contributed by atoms with van der Waals surface area (Å²) in [5.74, 6) is 0. The first-order chi connectivity index (χ1) is 4.24. The molecule has 0 fully saturated rings. The summed E-state index contributed by atoms with van der Waals surface area (Å²) in [6, 6.07) is 0. The van der Waals surface area contributed by atoms with Gasteiger partial charge in [0.05, 0.1) is 28.4 Å². The van der Waals surface area contributed by atoms with Crippen molar-refractivity contribution < 1.29 is 18.1 Å². The predicted octanol–water partition coefficient (Wildman–Crippen LogP) is 1.25. The van der Waals surface area contributed by atoms with E-state index in [1.807, 2.05) is 0 Å². The smallest absolute Gasteiger partial charge is 0.157 e. The van der Waals surface area contributed by atoms with Crippen LogP contribution in [0.15, 0.2) is 0 Å². The third-order valence-electron chi connectivity index (χ3n) is 0.894. The van der Waals surface area contributed by atoms with Gasteiger partial charge in [0.1, 0.15) is 0 Å². The van der Waals surface area contributed by atoms with Crippen LogP contribution in [0, 0.1) is 0 Å². The molecular formula is C4H12O4P+. The van der Waals surface area contributed by atoms with Crippen molar-refractivity contribution in [2.75, 3.05) is 28.4 Å². The lowest BCUT2D eigenvalue weighted by atomic mass is 11.8. The highest BCUT2D eigenvalue weighted by molar-refractivity contribution is 7.56. The molecule has 0 amide bonds. The third-order valence-corrected chi connectivity index (χ3v) is 2.68. The molecule has 0 rings (SSSR count). The average molecular weight is 155 g/mol. The summed E-state index contributed by atoms with van der Waals surface area (Å²) in [6.45, 7) is 0. The summed E-state index contributed by atoms with van der Waals surface area (Å²) in [6.07, 6.45) is 0. The molecule has 0 aliphatic rings. The minimum absolute atomic E-state index is 1.48. The van der Waals surface area contributed by atoms with E-state index in [1.165, 1.54) is 28.4 Å². The Morgan fingerprint density at radius 1 is 0.667 bits per heavy atom. The van der Waals surface area contributed by atoms with E-state index in [-0.39, 0.29) is 0 Å². The summed E-state index contributed by atoms with van der Waals surface area (Å²) in [5.41, 5.74) is 0. The van der Waals surface area contributed by atoms with Crippen LogP contribution in [0.5, 0.6) is 0 Å². The quantitative estimate of drug-likeness (QED) is 0.572. The molecule has 0 aliphatic heterocycles. The van der Waals surface area contributed by atoms with Gasteiger partial charge in [0.2, 0.25) is 0 Å². The van der Waals surface area contributed by atoms with Crippen molar-refractivity contribution in [2.45, 2.75) is 0 Å². The summed E-state index contributed by atoms with van der Waals surface area (Å²) < 4.78 is 19.3. The lowest BCUT2D eigenvalue weighted by Gasteiger charge is -2.10. The van der Waals surface area contributed by atoms with Gasteiger partial charge >= 0.3 is 8.17 Å². The van der Waals surface area contributed by atoms with E-state index in [1.54, 1.807) is 0 Å². The fourth-order valence-corrected chi connectivity index (χ4v) is 1.34. The monoisotopic (exact) mass is 155 g/mol. The van der Waals surface area contributed by atoms with Crippen molar-refractivity contribution in [1.29, 1.82) is 0 Å². The van der Waals surface area contributed by atoms with Gasteiger partial charge in [-0.05, 0) is 0 Å². The zero-order valence-electron chi connectivity index (χ0n) is 6.08. The third kappa shape index (κ3) is 2.16. The Hall–Kier alpha value is 0.270. The van der Waals surface area contributed by atoms with Gasteiger partial charge < -0.3 is 0 Å². The number of hydrogen-bond donors (Lipinski definition) is 0. The topological polar surface area (TPSA) is 36.9 Å². The molecule has 0 aromatic heterocycles. The second kappa shape index (κ2) is 4.14. The molecule has 0 saturated carbocycles. The Labute approximate surface area is 55.7 Å². The molecule has 4 nitrogen and oxygen atoms in total. The first-order valence-electron chi connectivity index (χ1n) is 2.36. The van der Waals surface area contributed by atoms with Crippen LogP contribution in [-0.4, -0.2) is 28.4 Å². The van der Waals surface area contributed by atoms with Crippen LogP contribution in [0.3, 0.4) is 0 Å². The van der Waals surface area contributed by atoms with Gasteiger partial charge in [0.15, 0.2) is 0 Å². The predicted molar refractivity (Wildman–Crippen MR) is 35.0 cm³/mol. The average Bonchev–Trinajstić information content (AvgIpc) is 1.95. The molecular weight excluding hydrogens is 143 g/mol. The van der Waals surface area contributed by atoms with Crippen LogP contribution in [-0.2, 0) is 18.1 Å². The van der Waals surface area contributed by atoms with Crippen molar-refractivity contribution in [2.24, 2.45) is 0 Å². The van der Waals surface area contributed by atoms with Gasteiger partial charge in [-0.1, -0.05) is 0 Å². The largest absolute Gasteiger partial charge is 0.574 e. The molecule has 0 saturated heterocycles. The van der Waals surface area contributed by atoms with Crippen molar-refractivity contribution >= 4 is 8.17 Å². The molecule has 0 N–H and O–H groups in total. The molecule has 9 heavy (non-hydrogen) atoms. The van der Waals surface area contributed by atoms with E-state index in [2.05, 4.69) is 0 Å². The van der Waals surface area contributed by atoms with Crippen molar-refractivity contribution in [3.8, 4) is 0 Å². The van der Waals surface area contributed by atoms with Crippen molar-refractivity contribution in [3.63, 3.8) is 0 Å². The van der Waals surface area contributed by atoms with Crippen LogP contribution in [0.1, 0.15) is 0 Å². The van der Waals surface area contributed by atoms with E-state index >= 15 is 0 Å². The molecule has 0 aromatic carbocycles. The normalized spacial score (nSPS) is 12.0. The van der Waals surface area contributed by atoms with Gasteiger partial charge in [-0.2, -0.15) is 18.1 Å². The van der Waals surface area contributed by atoms with Crippen LogP contribution in [0.4, 0.5) is 0 Å². The van der Waals surface area contributed by atoms with E-state index in [9.17, 15) is 0 Å². The van der Waals surface area contributed by atoms with E-state index in [0.717, 1.165) is 0 Å². The minimum Gasteiger partial charge on any atom is -0.157 e. The van der Waals surface area contributed by atoms with Crippen LogP contribution in [0.25, 0.3) is 0 Å². The van der Waals surface area contributed by atoms with Crippen LogP contribution >= 0.6 is 8.17 Å². The fourth-order valence-electron chi connectivity index (χ4n) is 0.447. The number of hydrogen-bond acceptors (Lipinski definition) is 4. The number of rotatable bonds is 4. The second-order valence-electron chi connectivity index (χ2n) is 1.18. The highest BCUT2D eigenvalue weighted by Crippen LogP contribution is 2.60. The van der Waals surface area contributed by atoms with Gasteiger partial charge in [-0.3, -0.25) is 0 Å². The zero-order chi connectivity index (χ0) is 7.33. The lowest BCUT2D eigenvalue weighted by molar-refractivity contribution is 0.119. The Morgan fingerprint density at radius 3 is 0.889 bits per heavy atom. The summed E-state index contributed by atoms with van der Waals surface area (Å²) >= 11 is 0.